The van der Waals surface area contributed by atoms with Crippen molar-refractivity contribution in [2.24, 2.45) is 0 Å². The molecule has 0 amide bonds. The van der Waals surface area contributed by atoms with E-state index >= 15 is 0 Å². The van der Waals surface area contributed by atoms with E-state index in [1.54, 1.807) is 22.8 Å². The van der Waals surface area contributed by atoms with Gasteiger partial charge in [-0.2, -0.15) is 5.26 Å². The van der Waals surface area contributed by atoms with Gasteiger partial charge in [0.1, 0.15) is 11.6 Å². The van der Waals surface area contributed by atoms with Gasteiger partial charge in [-0.1, -0.05) is 23.9 Å². The zero-order valence-electron chi connectivity index (χ0n) is 13.5. The van der Waals surface area contributed by atoms with Gasteiger partial charge in [-0.05, 0) is 43.3 Å². The fourth-order valence-electron chi connectivity index (χ4n) is 2.36. The van der Waals surface area contributed by atoms with Crippen LogP contribution in [-0.2, 0) is 0 Å². The number of nitriles is 1. The van der Waals surface area contributed by atoms with Gasteiger partial charge in [0.15, 0.2) is 11.0 Å². The molecule has 0 aliphatic heterocycles. The van der Waals surface area contributed by atoms with Gasteiger partial charge in [-0.15, -0.1) is 10.2 Å². The molecule has 25 heavy (non-hydrogen) atoms. The first-order valence-corrected chi connectivity index (χ1v) is 8.66. The lowest BCUT2D eigenvalue weighted by atomic mass is 10.2. The van der Waals surface area contributed by atoms with Gasteiger partial charge < -0.3 is 4.74 Å². The molecule has 0 saturated heterocycles. The Kier molecular flexibility index (Phi) is 5.31. The lowest BCUT2D eigenvalue weighted by Gasteiger charge is -2.11. The Morgan fingerprint density at radius 2 is 1.92 bits per heavy atom. The number of thioether (sulfide) groups is 1. The second-order valence-electron chi connectivity index (χ2n) is 5.00. The van der Waals surface area contributed by atoms with E-state index in [2.05, 4.69) is 16.3 Å². The molecule has 0 bridgehead atoms. The maximum absolute atomic E-state index is 14.3. The molecule has 126 valence electrons. The van der Waals surface area contributed by atoms with Crippen LogP contribution in [0.25, 0.3) is 17.1 Å². The molecule has 0 radical (unpaired) electrons. The molecule has 0 saturated carbocycles. The maximum Gasteiger partial charge on any atom is 0.197 e. The number of hydrogen-bond acceptors (Lipinski definition) is 5. The Labute approximate surface area is 149 Å². The fraction of sp³-hybridized carbons (Fsp3) is 0.167. The van der Waals surface area contributed by atoms with Gasteiger partial charge in [0.25, 0.3) is 0 Å². The summed E-state index contributed by atoms with van der Waals surface area (Å²) in [5, 5.41) is 17.6. The molecule has 0 unspecified atom stereocenters. The normalized spacial score (nSPS) is 10.4. The van der Waals surface area contributed by atoms with E-state index in [0.29, 0.717) is 23.3 Å². The van der Waals surface area contributed by atoms with E-state index in [0.717, 1.165) is 11.3 Å². The topological polar surface area (TPSA) is 63.7 Å². The van der Waals surface area contributed by atoms with Crippen LogP contribution in [0.4, 0.5) is 4.39 Å². The number of rotatable bonds is 6. The summed E-state index contributed by atoms with van der Waals surface area (Å²) in [6.45, 7) is 2.50. The molecule has 0 aliphatic carbocycles. The highest BCUT2D eigenvalue weighted by atomic mass is 32.2. The molecule has 0 aliphatic rings. The number of para-hydroxylation sites is 1. The quantitative estimate of drug-likeness (QED) is 0.624. The zero-order valence-corrected chi connectivity index (χ0v) is 14.3. The number of halogens is 1. The smallest absolute Gasteiger partial charge is 0.197 e. The summed E-state index contributed by atoms with van der Waals surface area (Å²) in [5.41, 5.74) is 1.12. The Hall–Kier alpha value is -2.85. The maximum atomic E-state index is 14.3. The van der Waals surface area contributed by atoms with Crippen LogP contribution in [0.5, 0.6) is 5.75 Å². The number of aromatic nitrogens is 3. The van der Waals surface area contributed by atoms with Crippen LogP contribution in [-0.4, -0.2) is 27.1 Å². The van der Waals surface area contributed by atoms with Gasteiger partial charge in [0.2, 0.25) is 0 Å². The predicted octanol–water partition coefficient (Wildman–Crippen LogP) is 4.09. The number of hydrogen-bond donors (Lipinski definition) is 0. The summed E-state index contributed by atoms with van der Waals surface area (Å²) in [6, 6.07) is 15.8. The molecule has 1 heterocycles. The zero-order chi connectivity index (χ0) is 17.6. The summed E-state index contributed by atoms with van der Waals surface area (Å²) in [4.78, 5) is 0. The van der Waals surface area contributed by atoms with Crippen molar-refractivity contribution in [1.82, 2.24) is 14.8 Å². The van der Waals surface area contributed by atoms with Gasteiger partial charge in [-0.25, -0.2) is 4.39 Å². The number of nitrogens with zero attached hydrogens (tertiary/aromatic N) is 4. The van der Waals surface area contributed by atoms with Crippen molar-refractivity contribution < 1.29 is 9.13 Å². The van der Waals surface area contributed by atoms with E-state index in [1.807, 2.05) is 31.2 Å². The highest BCUT2D eigenvalue weighted by Gasteiger charge is 2.18. The lowest BCUT2D eigenvalue weighted by Crippen LogP contribution is -2.02. The minimum absolute atomic E-state index is 0.204. The average molecular weight is 354 g/mol. The van der Waals surface area contributed by atoms with Crippen molar-refractivity contribution >= 4 is 11.8 Å². The first-order valence-electron chi connectivity index (χ1n) is 7.68. The third-order valence-corrected chi connectivity index (χ3v) is 4.21. The van der Waals surface area contributed by atoms with Crippen molar-refractivity contribution in [2.45, 2.75) is 12.1 Å². The molecule has 7 heteroatoms. The Balaban J connectivity index is 2.09. The molecule has 1 aromatic heterocycles. The van der Waals surface area contributed by atoms with Crippen molar-refractivity contribution in [3.63, 3.8) is 0 Å². The van der Waals surface area contributed by atoms with Gasteiger partial charge in [-0.3, -0.25) is 4.57 Å². The second kappa shape index (κ2) is 7.81. The summed E-state index contributed by atoms with van der Waals surface area (Å²) in [7, 11) is 0. The minimum Gasteiger partial charge on any atom is -0.494 e. The van der Waals surface area contributed by atoms with E-state index in [4.69, 9.17) is 10.00 Å². The average Bonchev–Trinajstić information content (AvgIpc) is 3.05. The number of benzene rings is 2. The first kappa shape index (κ1) is 17.0. The Morgan fingerprint density at radius 3 is 2.60 bits per heavy atom. The molecule has 3 aromatic rings. The molecular weight excluding hydrogens is 339 g/mol. The fourth-order valence-corrected chi connectivity index (χ4v) is 2.97. The minimum atomic E-state index is -0.381. The van der Waals surface area contributed by atoms with Crippen LogP contribution < -0.4 is 4.74 Å². The van der Waals surface area contributed by atoms with E-state index < -0.39 is 0 Å². The van der Waals surface area contributed by atoms with Crippen LogP contribution in [0.1, 0.15) is 6.92 Å². The summed E-state index contributed by atoms with van der Waals surface area (Å²) in [5.74, 6) is 1.08. The van der Waals surface area contributed by atoms with E-state index in [-0.39, 0.29) is 11.6 Å². The SMILES string of the molecule is CCOc1ccc(-c2nnc(SCC#N)n2-c2ccccc2F)cc1. The Morgan fingerprint density at radius 1 is 1.16 bits per heavy atom. The van der Waals surface area contributed by atoms with Crippen LogP contribution in [0, 0.1) is 17.1 Å². The molecule has 0 atom stereocenters. The van der Waals surface area contributed by atoms with E-state index in [9.17, 15) is 4.39 Å². The summed E-state index contributed by atoms with van der Waals surface area (Å²) < 4.78 is 21.4. The van der Waals surface area contributed by atoms with Gasteiger partial charge >= 0.3 is 0 Å². The lowest BCUT2D eigenvalue weighted by molar-refractivity contribution is 0.340. The van der Waals surface area contributed by atoms with Crippen molar-refractivity contribution in [3.05, 3.63) is 54.3 Å². The van der Waals surface area contributed by atoms with Crippen molar-refractivity contribution in [2.75, 3.05) is 12.4 Å². The van der Waals surface area contributed by atoms with Crippen LogP contribution in [0.3, 0.4) is 0 Å². The molecule has 2 aromatic carbocycles. The molecule has 5 nitrogen and oxygen atoms in total. The molecule has 0 spiro atoms. The molecular formula is C18H15FN4OS. The largest absolute Gasteiger partial charge is 0.494 e. The molecule has 0 N–H and O–H groups in total. The third-order valence-electron chi connectivity index (χ3n) is 3.42. The highest BCUT2D eigenvalue weighted by molar-refractivity contribution is 7.99. The van der Waals surface area contributed by atoms with Crippen LogP contribution in [0.2, 0.25) is 0 Å². The van der Waals surface area contributed by atoms with Crippen LogP contribution >= 0.6 is 11.8 Å². The second-order valence-corrected chi connectivity index (χ2v) is 5.94. The van der Waals surface area contributed by atoms with E-state index in [1.165, 1.54) is 17.8 Å². The number of ether oxygens (including phenoxy) is 1. The highest BCUT2D eigenvalue weighted by Crippen LogP contribution is 2.29. The molecule has 0 fully saturated rings. The monoisotopic (exact) mass is 354 g/mol. The van der Waals surface area contributed by atoms with Gasteiger partial charge in [0, 0.05) is 5.56 Å². The van der Waals surface area contributed by atoms with Crippen LogP contribution in [0.15, 0.2) is 53.7 Å². The predicted molar refractivity (Wildman–Crippen MR) is 94.3 cm³/mol. The summed E-state index contributed by atoms with van der Waals surface area (Å²) in [6.07, 6.45) is 0. The summed E-state index contributed by atoms with van der Waals surface area (Å²) >= 11 is 1.21. The standard InChI is InChI=1S/C18H15FN4OS/c1-2-24-14-9-7-13(8-10-14)17-21-22-18(25-12-11-20)23(17)16-6-4-3-5-15(16)19/h3-10H,2,12H2,1H3. The Bertz CT molecular complexity index is 902. The third kappa shape index (κ3) is 3.64. The van der Waals surface area contributed by atoms with Crippen molar-refractivity contribution in [3.8, 4) is 28.9 Å². The van der Waals surface area contributed by atoms with Gasteiger partial charge in [0.05, 0.1) is 24.1 Å². The van der Waals surface area contributed by atoms with Crippen molar-refractivity contribution in [1.29, 1.82) is 5.26 Å². The first-order chi connectivity index (χ1) is 12.2. The molecule has 3 rings (SSSR count).